The van der Waals surface area contributed by atoms with Gasteiger partial charge in [-0.1, -0.05) is 5.57 Å². The van der Waals surface area contributed by atoms with Crippen LogP contribution in [-0.4, -0.2) is 29.0 Å². The predicted molar refractivity (Wildman–Crippen MR) is 71.9 cm³/mol. The molecule has 1 aromatic heterocycles. The Kier molecular flexibility index (Phi) is 4.04. The van der Waals surface area contributed by atoms with Crippen molar-refractivity contribution in [3.63, 3.8) is 0 Å². The largest absolute Gasteiger partial charge is 0.478 e. The van der Waals surface area contributed by atoms with Crippen LogP contribution in [0.25, 0.3) is 0 Å². The average molecular weight is 262 g/mol. The van der Waals surface area contributed by atoms with Gasteiger partial charge in [0.25, 0.3) is 0 Å². The van der Waals surface area contributed by atoms with E-state index in [1.54, 1.807) is 18.1 Å². The highest BCUT2D eigenvalue weighted by atomic mass is 16.4. The Bertz CT molecular complexity index is 481. The van der Waals surface area contributed by atoms with Crippen molar-refractivity contribution < 1.29 is 14.7 Å². The van der Waals surface area contributed by atoms with Gasteiger partial charge < -0.3 is 15.0 Å². The van der Waals surface area contributed by atoms with Gasteiger partial charge in [0.15, 0.2) is 0 Å². The molecule has 1 aromatic rings. The van der Waals surface area contributed by atoms with Crippen molar-refractivity contribution in [3.05, 3.63) is 30.0 Å². The number of anilines is 1. The Labute approximate surface area is 111 Å². The molecule has 1 amide bonds. The van der Waals surface area contributed by atoms with Crippen LogP contribution in [0.4, 0.5) is 5.82 Å². The van der Waals surface area contributed by atoms with E-state index in [1.807, 2.05) is 12.1 Å². The molecule has 1 aliphatic carbocycles. The molecule has 1 heterocycles. The molecular weight excluding hydrogens is 244 g/mol. The van der Waals surface area contributed by atoms with E-state index < -0.39 is 5.97 Å². The monoisotopic (exact) mass is 262 g/mol. The van der Waals surface area contributed by atoms with E-state index >= 15 is 0 Å². The van der Waals surface area contributed by atoms with Crippen molar-refractivity contribution in [3.8, 4) is 0 Å². The average Bonchev–Trinajstić information content (AvgIpc) is 2.91. The number of H-pyrrole nitrogens is 1. The summed E-state index contributed by atoms with van der Waals surface area (Å²) in [4.78, 5) is 27.5. The molecule has 5 heteroatoms. The maximum absolute atomic E-state index is 12.3. The molecule has 0 saturated heterocycles. The van der Waals surface area contributed by atoms with E-state index in [2.05, 4.69) is 4.98 Å². The van der Waals surface area contributed by atoms with Crippen molar-refractivity contribution in [1.29, 1.82) is 0 Å². The lowest BCUT2D eigenvalue weighted by atomic mass is 9.85. The van der Waals surface area contributed by atoms with Crippen molar-refractivity contribution in [2.45, 2.75) is 25.7 Å². The summed E-state index contributed by atoms with van der Waals surface area (Å²) in [5.41, 5.74) is 0.930. The summed E-state index contributed by atoms with van der Waals surface area (Å²) < 4.78 is 0. The number of carbonyl (C=O) groups excluding carboxylic acids is 1. The third kappa shape index (κ3) is 3.24. The zero-order chi connectivity index (χ0) is 13.8. The molecule has 0 aliphatic heterocycles. The van der Waals surface area contributed by atoms with Crippen LogP contribution in [0.1, 0.15) is 25.7 Å². The van der Waals surface area contributed by atoms with Gasteiger partial charge in [-0.2, -0.15) is 0 Å². The third-order valence-electron chi connectivity index (χ3n) is 3.58. The lowest BCUT2D eigenvalue weighted by Crippen LogP contribution is -2.34. The lowest BCUT2D eigenvalue weighted by Gasteiger charge is -2.26. The zero-order valence-corrected chi connectivity index (χ0v) is 10.9. The number of aliphatic carboxylic acids is 1. The maximum Gasteiger partial charge on any atom is 0.328 e. The van der Waals surface area contributed by atoms with Gasteiger partial charge in [-0.15, -0.1) is 0 Å². The van der Waals surface area contributed by atoms with Gasteiger partial charge in [0.05, 0.1) is 0 Å². The fourth-order valence-corrected chi connectivity index (χ4v) is 2.48. The van der Waals surface area contributed by atoms with Gasteiger partial charge in [0, 0.05) is 25.2 Å². The van der Waals surface area contributed by atoms with E-state index in [-0.39, 0.29) is 11.8 Å². The van der Waals surface area contributed by atoms with E-state index in [1.165, 1.54) is 6.08 Å². The number of nitrogens with one attached hydrogen (secondary N) is 1. The molecule has 0 bridgehead atoms. The highest BCUT2D eigenvalue weighted by Gasteiger charge is 2.26. The minimum atomic E-state index is -0.900. The standard InChI is InChI=1S/C14H18N2O3/c1-16(12-3-2-8-15-12)14(19)11-6-4-10(5-7-11)9-13(17)18/h2-3,8-9,11,15H,4-7H2,1H3,(H,17,18). The van der Waals surface area contributed by atoms with E-state index in [4.69, 9.17) is 5.11 Å². The zero-order valence-electron chi connectivity index (χ0n) is 10.9. The molecule has 0 atom stereocenters. The first-order valence-corrected chi connectivity index (χ1v) is 6.41. The van der Waals surface area contributed by atoms with Gasteiger partial charge in [-0.25, -0.2) is 4.79 Å². The molecular formula is C14H18N2O3. The molecule has 0 radical (unpaired) electrons. The van der Waals surface area contributed by atoms with Gasteiger partial charge >= 0.3 is 5.97 Å². The summed E-state index contributed by atoms with van der Waals surface area (Å²) in [5.74, 6) is -0.0313. The molecule has 5 nitrogen and oxygen atoms in total. The normalized spacial score (nSPS) is 19.0. The van der Waals surface area contributed by atoms with Crippen LogP contribution in [0.2, 0.25) is 0 Å². The van der Waals surface area contributed by atoms with Gasteiger partial charge in [0.2, 0.25) is 5.91 Å². The first-order valence-electron chi connectivity index (χ1n) is 6.41. The van der Waals surface area contributed by atoms with Crippen molar-refractivity contribution in [2.75, 3.05) is 11.9 Å². The van der Waals surface area contributed by atoms with Crippen LogP contribution in [-0.2, 0) is 9.59 Å². The Morgan fingerprint density at radius 2 is 2.11 bits per heavy atom. The predicted octanol–water partition coefficient (Wildman–Crippen LogP) is 2.18. The Hall–Kier alpha value is -2.04. The van der Waals surface area contributed by atoms with Crippen LogP contribution in [0.3, 0.4) is 0 Å². The Morgan fingerprint density at radius 3 is 2.63 bits per heavy atom. The maximum atomic E-state index is 12.3. The second kappa shape index (κ2) is 5.73. The minimum Gasteiger partial charge on any atom is -0.478 e. The number of aromatic nitrogens is 1. The number of carboxylic acid groups (broad SMARTS) is 1. The number of allylic oxidation sites excluding steroid dienone is 1. The quantitative estimate of drug-likeness (QED) is 0.820. The Balaban J connectivity index is 1.94. The fraction of sp³-hybridized carbons (Fsp3) is 0.429. The van der Waals surface area contributed by atoms with E-state index in [0.717, 1.165) is 24.2 Å². The molecule has 2 N–H and O–H groups in total. The van der Waals surface area contributed by atoms with Crippen molar-refractivity contribution >= 4 is 17.7 Å². The molecule has 1 saturated carbocycles. The third-order valence-corrected chi connectivity index (χ3v) is 3.58. The number of hydrogen-bond donors (Lipinski definition) is 2. The summed E-state index contributed by atoms with van der Waals surface area (Å²) in [6, 6.07) is 3.71. The van der Waals surface area contributed by atoms with Crippen molar-refractivity contribution in [2.24, 2.45) is 5.92 Å². The van der Waals surface area contributed by atoms with Crippen LogP contribution < -0.4 is 4.90 Å². The number of amides is 1. The van der Waals surface area contributed by atoms with E-state index in [9.17, 15) is 9.59 Å². The molecule has 0 unspecified atom stereocenters. The smallest absolute Gasteiger partial charge is 0.328 e. The number of rotatable bonds is 3. The lowest BCUT2D eigenvalue weighted by molar-refractivity contribution is -0.131. The molecule has 102 valence electrons. The van der Waals surface area contributed by atoms with Crippen molar-refractivity contribution in [1.82, 2.24) is 4.98 Å². The Morgan fingerprint density at radius 1 is 1.42 bits per heavy atom. The number of hydrogen-bond acceptors (Lipinski definition) is 2. The van der Waals surface area contributed by atoms with Crippen LogP contribution in [0, 0.1) is 5.92 Å². The number of carboxylic acids is 1. The molecule has 1 aliphatic rings. The molecule has 0 spiro atoms. The summed E-state index contributed by atoms with van der Waals surface area (Å²) in [6.45, 7) is 0. The first kappa shape index (κ1) is 13.4. The molecule has 0 aromatic carbocycles. The SMILES string of the molecule is CN(C(=O)C1CCC(=CC(=O)O)CC1)c1ccc[nH]1. The molecule has 19 heavy (non-hydrogen) atoms. The summed E-state index contributed by atoms with van der Waals surface area (Å²) >= 11 is 0. The highest BCUT2D eigenvalue weighted by Crippen LogP contribution is 2.30. The topological polar surface area (TPSA) is 73.4 Å². The second-order valence-corrected chi connectivity index (χ2v) is 4.87. The summed E-state index contributed by atoms with van der Waals surface area (Å²) in [6.07, 6.45) is 5.90. The van der Waals surface area contributed by atoms with Crippen LogP contribution in [0.15, 0.2) is 30.0 Å². The van der Waals surface area contributed by atoms with Crippen LogP contribution in [0.5, 0.6) is 0 Å². The fourth-order valence-electron chi connectivity index (χ4n) is 2.48. The first-order chi connectivity index (χ1) is 9.08. The van der Waals surface area contributed by atoms with Gasteiger partial charge in [-0.05, 0) is 37.8 Å². The molecule has 2 rings (SSSR count). The summed E-state index contributed by atoms with van der Waals surface area (Å²) in [7, 11) is 1.76. The van der Waals surface area contributed by atoms with Gasteiger partial charge in [-0.3, -0.25) is 4.79 Å². The van der Waals surface area contributed by atoms with Gasteiger partial charge in [0.1, 0.15) is 5.82 Å². The number of aromatic amines is 1. The van der Waals surface area contributed by atoms with Crippen LogP contribution >= 0.6 is 0 Å². The van der Waals surface area contributed by atoms with E-state index in [0.29, 0.717) is 12.8 Å². The summed E-state index contributed by atoms with van der Waals surface area (Å²) in [5, 5.41) is 8.70. The minimum absolute atomic E-state index is 0.0146. The molecule has 1 fully saturated rings. The number of nitrogens with zero attached hydrogens (tertiary/aromatic N) is 1. The number of carbonyl (C=O) groups is 2. The second-order valence-electron chi connectivity index (χ2n) is 4.87. The highest BCUT2D eigenvalue weighted by molar-refractivity contribution is 5.93.